The first-order chi connectivity index (χ1) is 5.38. The van der Waals surface area contributed by atoms with Gasteiger partial charge in [0.1, 0.15) is 0 Å². The van der Waals surface area contributed by atoms with Crippen LogP contribution >= 0.6 is 0 Å². The van der Waals surface area contributed by atoms with Crippen LogP contribution in [0, 0.1) is 12.3 Å². The van der Waals surface area contributed by atoms with Crippen molar-refractivity contribution in [2.24, 2.45) is 0 Å². The molecule has 2 rings (SSSR count). The van der Waals surface area contributed by atoms with Crippen molar-refractivity contribution in [3.63, 3.8) is 0 Å². The van der Waals surface area contributed by atoms with E-state index in [-0.39, 0.29) is 0 Å². The van der Waals surface area contributed by atoms with Crippen molar-refractivity contribution in [1.82, 2.24) is 4.90 Å². The van der Waals surface area contributed by atoms with Gasteiger partial charge in [-0.05, 0) is 12.8 Å². The molecule has 0 aliphatic carbocycles. The summed E-state index contributed by atoms with van der Waals surface area (Å²) >= 11 is 0. The van der Waals surface area contributed by atoms with Crippen molar-refractivity contribution >= 4 is 0 Å². The molecule has 2 aliphatic heterocycles. The summed E-state index contributed by atoms with van der Waals surface area (Å²) in [5.41, 5.74) is 0. The Morgan fingerprint density at radius 2 is 2.00 bits per heavy atom. The molecule has 2 nitrogen and oxygen atoms in total. The molecule has 2 unspecified atom stereocenters. The van der Waals surface area contributed by atoms with Crippen LogP contribution in [-0.4, -0.2) is 36.7 Å². The van der Waals surface area contributed by atoms with Gasteiger partial charge in [0, 0.05) is 13.1 Å². The summed E-state index contributed by atoms with van der Waals surface area (Å²) in [6.07, 6.45) is 8.64. The zero-order chi connectivity index (χ0) is 7.68. The number of terminal acetylenes is 1. The predicted octanol–water partition coefficient (Wildman–Crippen LogP) is 0.483. The maximum absolute atomic E-state index is 5.66. The van der Waals surface area contributed by atoms with Gasteiger partial charge in [0.05, 0.1) is 18.8 Å². The summed E-state index contributed by atoms with van der Waals surface area (Å²) in [4.78, 5) is 2.31. The maximum Gasteiger partial charge on any atom is 0.0707 e. The van der Waals surface area contributed by atoms with E-state index in [1.165, 1.54) is 12.8 Å². The molecule has 0 aromatic heterocycles. The molecule has 0 spiro atoms. The van der Waals surface area contributed by atoms with E-state index < -0.39 is 0 Å². The second-order valence-electron chi connectivity index (χ2n) is 3.36. The Labute approximate surface area is 67.5 Å². The fraction of sp³-hybridized carbons (Fsp3) is 0.778. The minimum absolute atomic E-state index is 0.474. The number of rotatable bonds is 1. The third-order valence-electron chi connectivity index (χ3n) is 2.43. The number of fused-ring (bicyclic) bond motifs is 2. The van der Waals surface area contributed by atoms with Gasteiger partial charge in [0.2, 0.25) is 0 Å². The number of hydrogen-bond acceptors (Lipinski definition) is 2. The van der Waals surface area contributed by atoms with Gasteiger partial charge in [0.25, 0.3) is 0 Å². The molecule has 2 fully saturated rings. The van der Waals surface area contributed by atoms with Crippen LogP contribution in [0.15, 0.2) is 0 Å². The Balaban J connectivity index is 1.93. The highest BCUT2D eigenvalue weighted by molar-refractivity contribution is 4.93. The summed E-state index contributed by atoms with van der Waals surface area (Å²) in [6, 6.07) is 0. The second-order valence-corrected chi connectivity index (χ2v) is 3.36. The monoisotopic (exact) mass is 151 g/mol. The van der Waals surface area contributed by atoms with E-state index in [4.69, 9.17) is 11.2 Å². The number of morpholine rings is 1. The van der Waals surface area contributed by atoms with Crippen LogP contribution in [0.2, 0.25) is 0 Å². The number of hydrogen-bond donors (Lipinski definition) is 0. The molecular weight excluding hydrogens is 138 g/mol. The molecule has 11 heavy (non-hydrogen) atoms. The predicted molar refractivity (Wildman–Crippen MR) is 43.2 cm³/mol. The Kier molecular flexibility index (Phi) is 1.85. The van der Waals surface area contributed by atoms with E-state index in [2.05, 4.69) is 10.8 Å². The van der Waals surface area contributed by atoms with Crippen molar-refractivity contribution in [3.05, 3.63) is 0 Å². The van der Waals surface area contributed by atoms with Crippen LogP contribution in [0.3, 0.4) is 0 Å². The molecule has 0 amide bonds. The molecule has 2 heterocycles. The van der Waals surface area contributed by atoms with Gasteiger partial charge < -0.3 is 4.74 Å². The third-order valence-corrected chi connectivity index (χ3v) is 2.43. The number of ether oxygens (including phenoxy) is 1. The molecule has 0 saturated carbocycles. The molecule has 2 atom stereocenters. The standard InChI is InChI=1S/C9H13NO/c1-2-5-10-6-8-3-4-9(7-10)11-8/h1,8-9H,3-7H2. The molecular formula is C9H13NO. The van der Waals surface area contributed by atoms with Crippen LogP contribution < -0.4 is 0 Å². The minimum atomic E-state index is 0.474. The molecule has 0 aromatic rings. The van der Waals surface area contributed by atoms with Crippen molar-refractivity contribution in [3.8, 4) is 12.3 Å². The van der Waals surface area contributed by atoms with Gasteiger partial charge in [-0.1, -0.05) is 5.92 Å². The van der Waals surface area contributed by atoms with Crippen molar-refractivity contribution in [2.45, 2.75) is 25.0 Å². The molecule has 0 N–H and O–H groups in total. The highest BCUT2D eigenvalue weighted by atomic mass is 16.5. The first-order valence-corrected chi connectivity index (χ1v) is 4.20. The van der Waals surface area contributed by atoms with Crippen LogP contribution in [0.5, 0.6) is 0 Å². The highest BCUT2D eigenvalue weighted by Crippen LogP contribution is 2.25. The lowest BCUT2D eigenvalue weighted by Crippen LogP contribution is -2.42. The van der Waals surface area contributed by atoms with Crippen LogP contribution in [-0.2, 0) is 4.74 Å². The molecule has 0 aromatic carbocycles. The number of nitrogens with zero attached hydrogens (tertiary/aromatic N) is 1. The Morgan fingerprint density at radius 1 is 1.36 bits per heavy atom. The van der Waals surface area contributed by atoms with Crippen molar-refractivity contribution in [1.29, 1.82) is 0 Å². The molecule has 0 radical (unpaired) electrons. The van der Waals surface area contributed by atoms with Gasteiger partial charge in [-0.15, -0.1) is 6.42 Å². The van der Waals surface area contributed by atoms with Crippen LogP contribution in [0.4, 0.5) is 0 Å². The van der Waals surface area contributed by atoms with Crippen molar-refractivity contribution < 1.29 is 4.74 Å². The maximum atomic E-state index is 5.66. The molecule has 2 aliphatic rings. The van der Waals surface area contributed by atoms with Crippen LogP contribution in [0.25, 0.3) is 0 Å². The van der Waals surface area contributed by atoms with E-state index >= 15 is 0 Å². The summed E-state index contributed by atoms with van der Waals surface area (Å²) < 4.78 is 5.66. The zero-order valence-electron chi connectivity index (χ0n) is 6.62. The fourth-order valence-corrected chi connectivity index (χ4v) is 1.96. The Bertz CT molecular complexity index is 172. The lowest BCUT2D eigenvalue weighted by Gasteiger charge is -2.30. The second kappa shape index (κ2) is 2.84. The summed E-state index contributed by atoms with van der Waals surface area (Å²) in [7, 11) is 0. The topological polar surface area (TPSA) is 12.5 Å². The van der Waals surface area contributed by atoms with Crippen LogP contribution in [0.1, 0.15) is 12.8 Å². The first-order valence-electron chi connectivity index (χ1n) is 4.20. The molecule has 2 heteroatoms. The van der Waals surface area contributed by atoms with E-state index in [0.29, 0.717) is 12.2 Å². The summed E-state index contributed by atoms with van der Waals surface area (Å²) in [5, 5.41) is 0. The first kappa shape index (κ1) is 7.15. The molecule has 2 saturated heterocycles. The molecule has 2 bridgehead atoms. The van der Waals surface area contributed by atoms with Gasteiger partial charge >= 0.3 is 0 Å². The minimum Gasteiger partial charge on any atom is -0.372 e. The van der Waals surface area contributed by atoms with Crippen molar-refractivity contribution in [2.75, 3.05) is 19.6 Å². The quantitative estimate of drug-likeness (QED) is 0.505. The van der Waals surface area contributed by atoms with Gasteiger partial charge in [-0.25, -0.2) is 0 Å². The highest BCUT2D eigenvalue weighted by Gasteiger charge is 2.32. The van der Waals surface area contributed by atoms with Gasteiger partial charge in [0.15, 0.2) is 0 Å². The average Bonchev–Trinajstić information content (AvgIpc) is 2.32. The lowest BCUT2D eigenvalue weighted by molar-refractivity contribution is -0.0337. The Hall–Kier alpha value is -0.520. The van der Waals surface area contributed by atoms with E-state index in [0.717, 1.165) is 19.6 Å². The van der Waals surface area contributed by atoms with Gasteiger partial charge in [-0.2, -0.15) is 0 Å². The van der Waals surface area contributed by atoms with E-state index in [1.807, 2.05) is 0 Å². The third kappa shape index (κ3) is 1.40. The fourth-order valence-electron chi connectivity index (χ4n) is 1.96. The van der Waals surface area contributed by atoms with Gasteiger partial charge in [-0.3, -0.25) is 4.90 Å². The lowest BCUT2D eigenvalue weighted by atomic mass is 10.2. The van der Waals surface area contributed by atoms with E-state index in [1.54, 1.807) is 0 Å². The number of likely N-dealkylation sites (tertiary alicyclic amines) is 1. The average molecular weight is 151 g/mol. The Morgan fingerprint density at radius 3 is 2.55 bits per heavy atom. The summed E-state index contributed by atoms with van der Waals surface area (Å²) in [5.74, 6) is 2.68. The SMILES string of the molecule is C#CCN1CC2CCC(C1)O2. The summed E-state index contributed by atoms with van der Waals surface area (Å²) in [6.45, 7) is 2.87. The normalized spacial score (nSPS) is 37.0. The smallest absolute Gasteiger partial charge is 0.0707 e. The molecule has 60 valence electrons. The largest absolute Gasteiger partial charge is 0.372 e. The zero-order valence-corrected chi connectivity index (χ0v) is 6.62. The van der Waals surface area contributed by atoms with E-state index in [9.17, 15) is 0 Å².